The van der Waals surface area contributed by atoms with E-state index >= 15 is 0 Å². The van der Waals surface area contributed by atoms with Gasteiger partial charge in [-0.3, -0.25) is 19.3 Å². The summed E-state index contributed by atoms with van der Waals surface area (Å²) in [5.41, 5.74) is 2.93. The van der Waals surface area contributed by atoms with Gasteiger partial charge >= 0.3 is 5.97 Å². The van der Waals surface area contributed by atoms with E-state index in [9.17, 15) is 14.4 Å². The number of fused-ring (bicyclic) bond motifs is 4. The molecule has 3 saturated heterocycles. The normalized spacial score (nSPS) is 23.9. The lowest BCUT2D eigenvalue weighted by Gasteiger charge is -2.45. The molecule has 6 nitrogen and oxygen atoms in total. The van der Waals surface area contributed by atoms with Crippen LogP contribution >= 0.6 is 0 Å². The summed E-state index contributed by atoms with van der Waals surface area (Å²) >= 11 is 0. The van der Waals surface area contributed by atoms with Gasteiger partial charge in [-0.25, -0.2) is 0 Å². The Morgan fingerprint density at radius 3 is 2.55 bits per heavy atom. The Balaban J connectivity index is 1.18. The topological polar surface area (TPSA) is 68.6 Å². The molecule has 1 aliphatic carbocycles. The molecule has 0 radical (unpaired) electrons. The van der Waals surface area contributed by atoms with E-state index in [1.807, 2.05) is 18.2 Å². The minimum Gasteiger partial charge on any atom is -0.460 e. The van der Waals surface area contributed by atoms with Crippen LogP contribution in [0.15, 0.2) is 65.5 Å². The number of ether oxygens (including phenoxy) is 1. The van der Waals surface area contributed by atoms with Crippen molar-refractivity contribution in [3.05, 3.63) is 87.7 Å². The third-order valence-corrected chi connectivity index (χ3v) is 9.37. The maximum atomic E-state index is 13.9. The Kier molecular flexibility index (Phi) is 7.70. The number of pyridine rings is 1. The molecule has 3 aliphatic heterocycles. The molecule has 2 aromatic carbocycles. The van der Waals surface area contributed by atoms with Crippen LogP contribution in [-0.4, -0.2) is 47.5 Å². The predicted octanol–water partition coefficient (Wildman–Crippen LogP) is 5.76. The number of aryl methyl sites for hydroxylation is 1. The van der Waals surface area contributed by atoms with E-state index in [0.717, 1.165) is 86.5 Å². The van der Waals surface area contributed by atoms with E-state index in [2.05, 4.69) is 35.3 Å². The molecule has 4 heterocycles. The SMILES string of the molecule is O=Cc1ccc2c(ccc(=O)n2CC/C=C/c2cccc(C3(C(=O)OC4CN5CCC4CC5)CCCCC3)c2)c1. The molecule has 1 atom stereocenters. The van der Waals surface area contributed by atoms with Gasteiger partial charge in [-0.1, -0.05) is 55.7 Å². The van der Waals surface area contributed by atoms with Gasteiger partial charge in [0.2, 0.25) is 0 Å². The van der Waals surface area contributed by atoms with E-state index in [1.165, 1.54) is 6.42 Å². The van der Waals surface area contributed by atoms with Crippen molar-refractivity contribution in [2.45, 2.75) is 69.4 Å². The van der Waals surface area contributed by atoms with E-state index < -0.39 is 5.41 Å². The first-order valence-corrected chi connectivity index (χ1v) is 14.9. The highest BCUT2D eigenvalue weighted by molar-refractivity contribution is 5.87. The number of hydrogen-bond donors (Lipinski definition) is 0. The number of benzene rings is 2. The van der Waals surface area contributed by atoms with Gasteiger partial charge in [0.15, 0.2) is 0 Å². The first-order valence-electron chi connectivity index (χ1n) is 14.9. The van der Waals surface area contributed by atoms with Crippen LogP contribution in [0.5, 0.6) is 0 Å². The average molecular weight is 539 g/mol. The third kappa shape index (κ3) is 5.29. The Labute approximate surface area is 235 Å². The number of carbonyl (C=O) groups is 2. The number of allylic oxidation sites excluding steroid dienone is 1. The molecule has 1 unspecified atom stereocenters. The van der Waals surface area contributed by atoms with Crippen molar-refractivity contribution in [1.29, 1.82) is 0 Å². The zero-order chi connectivity index (χ0) is 27.5. The molecule has 0 amide bonds. The molecule has 1 aromatic heterocycles. The third-order valence-electron chi connectivity index (χ3n) is 9.37. The van der Waals surface area contributed by atoms with Crippen LogP contribution in [0.1, 0.15) is 72.9 Å². The first-order chi connectivity index (χ1) is 19.6. The largest absolute Gasteiger partial charge is 0.460 e. The Morgan fingerprint density at radius 2 is 1.80 bits per heavy atom. The van der Waals surface area contributed by atoms with Crippen molar-refractivity contribution in [2.75, 3.05) is 19.6 Å². The number of piperidine rings is 3. The summed E-state index contributed by atoms with van der Waals surface area (Å²) in [5, 5.41) is 0.879. The first kappa shape index (κ1) is 26.7. The van der Waals surface area contributed by atoms with Crippen LogP contribution in [0.2, 0.25) is 0 Å². The quantitative estimate of drug-likeness (QED) is 0.270. The summed E-state index contributed by atoms with van der Waals surface area (Å²) in [5.74, 6) is 0.477. The highest BCUT2D eigenvalue weighted by atomic mass is 16.5. The fourth-order valence-electron chi connectivity index (χ4n) is 7.05. The maximum Gasteiger partial charge on any atom is 0.316 e. The lowest BCUT2D eigenvalue weighted by Crippen LogP contribution is -2.53. The predicted molar refractivity (Wildman–Crippen MR) is 157 cm³/mol. The molecule has 2 bridgehead atoms. The number of rotatable bonds is 8. The van der Waals surface area contributed by atoms with Gasteiger partial charge in [0.25, 0.3) is 5.56 Å². The minimum atomic E-state index is -0.565. The van der Waals surface area contributed by atoms with Crippen LogP contribution < -0.4 is 5.56 Å². The van der Waals surface area contributed by atoms with Crippen molar-refractivity contribution < 1.29 is 14.3 Å². The molecule has 208 valence electrons. The fourth-order valence-corrected chi connectivity index (χ4v) is 7.05. The smallest absolute Gasteiger partial charge is 0.316 e. The molecule has 3 aromatic rings. The van der Waals surface area contributed by atoms with Gasteiger partial charge in [0.05, 0.1) is 10.9 Å². The van der Waals surface area contributed by atoms with Crippen LogP contribution in [0.25, 0.3) is 17.0 Å². The molecule has 4 aliphatic rings. The van der Waals surface area contributed by atoms with Gasteiger partial charge in [-0.05, 0) is 91.9 Å². The van der Waals surface area contributed by atoms with E-state index in [1.54, 1.807) is 22.8 Å². The number of carbonyl (C=O) groups excluding carboxylic acids is 2. The van der Waals surface area contributed by atoms with Crippen LogP contribution in [0.4, 0.5) is 0 Å². The summed E-state index contributed by atoms with van der Waals surface area (Å²) < 4.78 is 8.08. The second-order valence-electron chi connectivity index (χ2n) is 11.8. The summed E-state index contributed by atoms with van der Waals surface area (Å²) in [6.07, 6.45) is 12.9. The molecule has 1 saturated carbocycles. The number of aldehydes is 1. The second-order valence-corrected chi connectivity index (χ2v) is 11.8. The van der Waals surface area contributed by atoms with Gasteiger partial charge in [-0.2, -0.15) is 0 Å². The minimum absolute atomic E-state index is 0.0272. The van der Waals surface area contributed by atoms with E-state index in [-0.39, 0.29) is 17.6 Å². The Bertz CT molecular complexity index is 1470. The molecule has 40 heavy (non-hydrogen) atoms. The lowest BCUT2D eigenvalue weighted by molar-refractivity contribution is -0.167. The molecular formula is C34H38N2O4. The Morgan fingerprint density at radius 1 is 0.975 bits per heavy atom. The second kappa shape index (κ2) is 11.5. The van der Waals surface area contributed by atoms with Crippen LogP contribution in [-0.2, 0) is 21.5 Å². The standard InChI is InChI=1S/C34H38N2O4/c37-24-26-10-12-30-28(21-26)11-13-32(38)36(30)18-5-2-7-25-8-6-9-29(22-25)34(16-3-1-4-17-34)33(39)40-31-23-35-19-14-27(31)15-20-35/h2,6-13,21-22,24,27,31H,1,3-5,14-20,23H2/b7-2+. The van der Waals surface area contributed by atoms with E-state index in [0.29, 0.717) is 24.4 Å². The Hall–Kier alpha value is -3.51. The maximum absolute atomic E-state index is 13.9. The average Bonchev–Trinajstić information content (AvgIpc) is 3.01. The number of esters is 1. The summed E-state index contributed by atoms with van der Waals surface area (Å²) in [7, 11) is 0. The summed E-state index contributed by atoms with van der Waals surface area (Å²) in [4.78, 5) is 40.0. The molecule has 0 N–H and O–H groups in total. The molecule has 7 rings (SSSR count). The lowest BCUT2D eigenvalue weighted by atomic mass is 9.69. The highest BCUT2D eigenvalue weighted by Gasteiger charge is 2.45. The van der Waals surface area contributed by atoms with Gasteiger partial charge < -0.3 is 9.30 Å². The van der Waals surface area contributed by atoms with Gasteiger partial charge in [0, 0.05) is 24.7 Å². The van der Waals surface area contributed by atoms with Crippen molar-refractivity contribution in [2.24, 2.45) is 5.92 Å². The zero-order valence-corrected chi connectivity index (χ0v) is 23.1. The highest BCUT2D eigenvalue weighted by Crippen LogP contribution is 2.42. The van der Waals surface area contributed by atoms with Crippen molar-refractivity contribution in [3.63, 3.8) is 0 Å². The van der Waals surface area contributed by atoms with E-state index in [4.69, 9.17) is 4.74 Å². The summed E-state index contributed by atoms with van der Waals surface area (Å²) in [6.45, 7) is 3.69. The number of hydrogen-bond acceptors (Lipinski definition) is 5. The fraction of sp³-hybridized carbons (Fsp3) is 0.441. The van der Waals surface area contributed by atoms with Crippen molar-refractivity contribution in [3.8, 4) is 0 Å². The molecular weight excluding hydrogens is 500 g/mol. The van der Waals surface area contributed by atoms with Crippen molar-refractivity contribution in [1.82, 2.24) is 9.47 Å². The molecule has 4 fully saturated rings. The summed E-state index contributed by atoms with van der Waals surface area (Å²) in [6, 6.07) is 17.1. The van der Waals surface area contributed by atoms with Crippen molar-refractivity contribution >= 4 is 29.2 Å². The van der Waals surface area contributed by atoms with Crippen LogP contribution in [0.3, 0.4) is 0 Å². The monoisotopic (exact) mass is 538 g/mol. The zero-order valence-electron chi connectivity index (χ0n) is 23.1. The molecule has 6 heteroatoms. The number of nitrogens with zero attached hydrogens (tertiary/aromatic N) is 2. The van der Waals surface area contributed by atoms with Gasteiger partial charge in [-0.15, -0.1) is 0 Å². The van der Waals surface area contributed by atoms with Crippen LogP contribution in [0, 0.1) is 5.92 Å². The molecule has 0 spiro atoms. The van der Waals surface area contributed by atoms with Gasteiger partial charge in [0.1, 0.15) is 12.4 Å². The number of aromatic nitrogens is 1.